The second kappa shape index (κ2) is 5.23. The predicted octanol–water partition coefficient (Wildman–Crippen LogP) is -0.0821. The Hall–Kier alpha value is -0.915. The largest absolute Gasteiger partial charge is 0.494 e. The van der Waals surface area contributed by atoms with Crippen molar-refractivity contribution in [2.45, 2.75) is 37.6 Å². The van der Waals surface area contributed by atoms with Crippen LogP contribution in [0, 0.1) is 0 Å². The van der Waals surface area contributed by atoms with Crippen molar-refractivity contribution in [3.05, 3.63) is 30.3 Å². The van der Waals surface area contributed by atoms with Gasteiger partial charge in [-0.1, -0.05) is 30.3 Å². The van der Waals surface area contributed by atoms with Crippen molar-refractivity contribution in [1.29, 1.82) is 0 Å². The zero-order valence-corrected chi connectivity index (χ0v) is 10.9. The van der Waals surface area contributed by atoms with Gasteiger partial charge in [0, 0.05) is 7.11 Å². The first-order valence-electron chi connectivity index (χ1n) is 6.43. The van der Waals surface area contributed by atoms with E-state index < -0.39 is 31.7 Å². The average Bonchev–Trinajstić information content (AvgIpc) is 2.89. The molecule has 2 aliphatic rings. The standard InChI is InChI=1S/C13H17BO5/c1-8-10(15)11-12(13(16-2)17-8)19-14(18-11)9-6-4-3-5-7-9/h3-8,10-13,15H,1-2H3/t8-,10-,11+,12+,13+/m0/s1. The highest BCUT2D eigenvalue weighted by Gasteiger charge is 2.53. The molecule has 5 atom stereocenters. The van der Waals surface area contributed by atoms with E-state index in [2.05, 4.69) is 0 Å². The third-order valence-electron chi connectivity index (χ3n) is 3.62. The fraction of sp³-hybridized carbons (Fsp3) is 0.538. The molecule has 0 bridgehead atoms. The molecule has 2 saturated heterocycles. The molecule has 0 spiro atoms. The van der Waals surface area contributed by atoms with Crippen LogP contribution >= 0.6 is 0 Å². The highest BCUT2D eigenvalue weighted by Crippen LogP contribution is 2.31. The van der Waals surface area contributed by atoms with Crippen molar-refractivity contribution in [2.24, 2.45) is 0 Å². The molecule has 1 aromatic carbocycles. The Morgan fingerprint density at radius 3 is 2.53 bits per heavy atom. The highest BCUT2D eigenvalue weighted by molar-refractivity contribution is 6.61. The lowest BCUT2D eigenvalue weighted by atomic mass is 9.79. The molecule has 3 rings (SSSR count). The van der Waals surface area contributed by atoms with Crippen LogP contribution in [-0.4, -0.2) is 50.0 Å². The van der Waals surface area contributed by atoms with Crippen molar-refractivity contribution < 1.29 is 23.9 Å². The van der Waals surface area contributed by atoms with Gasteiger partial charge in [-0.2, -0.15) is 0 Å². The topological polar surface area (TPSA) is 57.2 Å². The van der Waals surface area contributed by atoms with Gasteiger partial charge in [-0.05, 0) is 12.4 Å². The van der Waals surface area contributed by atoms with Crippen LogP contribution in [0.15, 0.2) is 30.3 Å². The lowest BCUT2D eigenvalue weighted by molar-refractivity contribution is -0.260. The minimum atomic E-state index is -0.717. The van der Waals surface area contributed by atoms with E-state index in [1.807, 2.05) is 30.3 Å². The number of ether oxygens (including phenoxy) is 2. The van der Waals surface area contributed by atoms with Gasteiger partial charge in [-0.25, -0.2) is 0 Å². The number of methoxy groups -OCH3 is 1. The minimum Gasteiger partial charge on any atom is -0.399 e. The molecule has 1 N–H and O–H groups in total. The number of fused-ring (bicyclic) bond motifs is 1. The fourth-order valence-electron chi connectivity index (χ4n) is 2.56. The van der Waals surface area contributed by atoms with Crippen LogP contribution < -0.4 is 5.46 Å². The van der Waals surface area contributed by atoms with Gasteiger partial charge >= 0.3 is 7.12 Å². The van der Waals surface area contributed by atoms with Gasteiger partial charge in [0.1, 0.15) is 18.3 Å². The summed E-state index contributed by atoms with van der Waals surface area (Å²) in [4.78, 5) is 0. The molecule has 0 radical (unpaired) electrons. The van der Waals surface area contributed by atoms with E-state index in [1.54, 1.807) is 14.0 Å². The molecule has 1 aromatic rings. The maximum atomic E-state index is 10.1. The first-order chi connectivity index (χ1) is 9.20. The van der Waals surface area contributed by atoms with Gasteiger partial charge < -0.3 is 23.9 Å². The number of hydrogen-bond acceptors (Lipinski definition) is 5. The lowest BCUT2D eigenvalue weighted by Gasteiger charge is -2.38. The summed E-state index contributed by atoms with van der Waals surface area (Å²) in [5.74, 6) is 0. The van der Waals surface area contributed by atoms with Gasteiger partial charge in [0.2, 0.25) is 0 Å². The summed E-state index contributed by atoms with van der Waals surface area (Å²) < 4.78 is 22.5. The summed E-state index contributed by atoms with van der Waals surface area (Å²) in [6.07, 6.45) is -2.42. The van der Waals surface area contributed by atoms with Crippen molar-refractivity contribution >= 4 is 12.6 Å². The first-order valence-corrected chi connectivity index (χ1v) is 6.43. The lowest BCUT2D eigenvalue weighted by Crippen LogP contribution is -2.55. The minimum absolute atomic E-state index is 0.343. The van der Waals surface area contributed by atoms with Gasteiger partial charge in [-0.15, -0.1) is 0 Å². The number of aliphatic hydroxyl groups excluding tert-OH is 1. The van der Waals surface area contributed by atoms with E-state index >= 15 is 0 Å². The molecule has 19 heavy (non-hydrogen) atoms. The molecule has 102 valence electrons. The second-order valence-electron chi connectivity index (χ2n) is 4.88. The molecule has 2 heterocycles. The van der Waals surface area contributed by atoms with E-state index in [9.17, 15) is 5.11 Å². The second-order valence-corrected chi connectivity index (χ2v) is 4.88. The molecule has 0 aliphatic carbocycles. The molecule has 2 fully saturated rings. The Balaban J connectivity index is 1.81. The molecular weight excluding hydrogens is 247 g/mol. The van der Waals surface area contributed by atoms with Gasteiger partial charge in [-0.3, -0.25) is 0 Å². The van der Waals surface area contributed by atoms with Crippen molar-refractivity contribution in [2.75, 3.05) is 7.11 Å². The highest BCUT2D eigenvalue weighted by atomic mass is 16.7. The van der Waals surface area contributed by atoms with Gasteiger partial charge in [0.05, 0.1) is 6.10 Å². The third kappa shape index (κ3) is 2.30. The summed E-state index contributed by atoms with van der Waals surface area (Å²) in [5.41, 5.74) is 0.923. The summed E-state index contributed by atoms with van der Waals surface area (Å²) in [6.45, 7) is 1.80. The van der Waals surface area contributed by atoms with Crippen molar-refractivity contribution in [1.82, 2.24) is 0 Å². The molecule has 0 amide bonds. The number of aliphatic hydroxyl groups is 1. The average molecular weight is 264 g/mol. The summed E-state index contributed by atoms with van der Waals surface area (Å²) >= 11 is 0. The Kier molecular flexibility index (Phi) is 3.60. The predicted molar refractivity (Wildman–Crippen MR) is 68.9 cm³/mol. The molecule has 6 heteroatoms. The Morgan fingerprint density at radius 2 is 1.84 bits per heavy atom. The first kappa shape index (κ1) is 13.1. The van der Waals surface area contributed by atoms with Gasteiger partial charge in [0.15, 0.2) is 6.29 Å². The zero-order valence-electron chi connectivity index (χ0n) is 10.9. The maximum Gasteiger partial charge on any atom is 0.494 e. The van der Waals surface area contributed by atoms with Crippen molar-refractivity contribution in [3.8, 4) is 0 Å². The Labute approximate surface area is 112 Å². The molecule has 0 saturated carbocycles. The van der Waals surface area contributed by atoms with Gasteiger partial charge in [0.25, 0.3) is 0 Å². The van der Waals surface area contributed by atoms with Crippen LogP contribution in [0.1, 0.15) is 6.92 Å². The molecule has 5 nitrogen and oxygen atoms in total. The Morgan fingerprint density at radius 1 is 1.16 bits per heavy atom. The number of rotatable bonds is 2. The van der Waals surface area contributed by atoms with E-state index in [1.165, 1.54) is 0 Å². The normalized spacial score (nSPS) is 38.3. The summed E-state index contributed by atoms with van der Waals surface area (Å²) in [5, 5.41) is 10.1. The zero-order chi connectivity index (χ0) is 13.4. The van der Waals surface area contributed by atoms with E-state index in [-0.39, 0.29) is 6.10 Å². The third-order valence-corrected chi connectivity index (χ3v) is 3.62. The monoisotopic (exact) mass is 264 g/mol. The summed E-state index contributed by atoms with van der Waals surface area (Å²) in [7, 11) is 1.07. The van der Waals surface area contributed by atoms with Crippen LogP contribution in [0.25, 0.3) is 0 Å². The van der Waals surface area contributed by atoms with Crippen LogP contribution in [0.4, 0.5) is 0 Å². The quantitative estimate of drug-likeness (QED) is 0.757. The maximum absolute atomic E-state index is 10.1. The number of benzene rings is 1. The molecular formula is C13H17BO5. The van der Waals surface area contributed by atoms with E-state index in [0.29, 0.717) is 0 Å². The van der Waals surface area contributed by atoms with Crippen molar-refractivity contribution in [3.63, 3.8) is 0 Å². The molecule has 2 aliphatic heterocycles. The smallest absolute Gasteiger partial charge is 0.399 e. The van der Waals surface area contributed by atoms with Crippen LogP contribution in [0.2, 0.25) is 0 Å². The SMILES string of the molecule is CO[C@@H]1O[C@@H](C)[C@H](O)[C@H]2OB(c3ccccc3)O[C@@H]12. The van der Waals surface area contributed by atoms with Crippen LogP contribution in [0.5, 0.6) is 0 Å². The molecule has 0 aromatic heterocycles. The fourth-order valence-corrected chi connectivity index (χ4v) is 2.56. The van der Waals surface area contributed by atoms with Crippen LogP contribution in [-0.2, 0) is 18.8 Å². The van der Waals surface area contributed by atoms with E-state index in [0.717, 1.165) is 5.46 Å². The van der Waals surface area contributed by atoms with E-state index in [4.69, 9.17) is 18.8 Å². The summed E-state index contributed by atoms with van der Waals surface area (Å²) in [6, 6.07) is 9.64. The van der Waals surface area contributed by atoms with Crippen LogP contribution in [0.3, 0.4) is 0 Å². The Bertz CT molecular complexity index is 422. The molecule has 0 unspecified atom stereocenters. The number of hydrogen-bond donors (Lipinski definition) is 1.